The molecule has 0 saturated heterocycles. The second-order valence-electron chi connectivity index (χ2n) is 9.50. The first-order valence-corrected chi connectivity index (χ1v) is 14.7. The van der Waals surface area contributed by atoms with Crippen molar-refractivity contribution < 1.29 is 28.7 Å². The Kier molecular flexibility index (Phi) is 19.4. The average molecular weight is 481 g/mol. The fourth-order valence-corrected chi connectivity index (χ4v) is 5.02. The molecule has 0 bridgehead atoms. The number of hydrogen-bond acceptors (Lipinski definition) is 4. The van der Waals surface area contributed by atoms with Crippen LogP contribution >= 0.6 is 7.82 Å². The largest absolute Gasteiger partial charge is 0.469 e. The van der Waals surface area contributed by atoms with Gasteiger partial charge in [-0.15, -0.1) is 0 Å². The molecule has 194 valence electrons. The quantitative estimate of drug-likeness (QED) is 0.109. The second-order valence-corrected chi connectivity index (χ2v) is 10.7. The smallest absolute Gasteiger partial charge is 0.396 e. The van der Waals surface area contributed by atoms with Gasteiger partial charge in [-0.05, 0) is 55.8 Å². The molecule has 7 heteroatoms. The topological polar surface area (TPSA) is 96.2 Å². The molecule has 0 saturated carbocycles. The average Bonchev–Trinajstić information content (AvgIpc) is 2.77. The molecule has 0 aliphatic rings. The lowest BCUT2D eigenvalue weighted by Crippen LogP contribution is -2.21. The predicted molar refractivity (Wildman–Crippen MR) is 133 cm³/mol. The van der Waals surface area contributed by atoms with E-state index >= 15 is 0 Å². The Hall–Kier alpha value is 0.0300. The van der Waals surface area contributed by atoms with Gasteiger partial charge in [-0.1, -0.05) is 79.1 Å². The van der Waals surface area contributed by atoms with Crippen molar-refractivity contribution in [3.8, 4) is 0 Å². The molecular weight excluding hydrogens is 427 g/mol. The summed E-state index contributed by atoms with van der Waals surface area (Å²) in [6.45, 7) is 10.9. The van der Waals surface area contributed by atoms with E-state index in [-0.39, 0.29) is 12.0 Å². The number of ether oxygens (including phenoxy) is 1. The zero-order valence-corrected chi connectivity index (χ0v) is 22.3. The number of phosphoric ester groups is 1. The first-order chi connectivity index (χ1) is 15.3. The molecule has 2 unspecified atom stereocenters. The van der Waals surface area contributed by atoms with Gasteiger partial charge in [0.25, 0.3) is 0 Å². The van der Waals surface area contributed by atoms with Crippen LogP contribution in [0.1, 0.15) is 118 Å². The van der Waals surface area contributed by atoms with Crippen molar-refractivity contribution in [3.63, 3.8) is 0 Å². The molecule has 0 fully saturated rings. The summed E-state index contributed by atoms with van der Waals surface area (Å²) in [5.74, 6) is 1.53. The van der Waals surface area contributed by atoms with Crippen LogP contribution < -0.4 is 0 Å². The van der Waals surface area contributed by atoms with Crippen LogP contribution in [0.2, 0.25) is 0 Å². The summed E-state index contributed by atoms with van der Waals surface area (Å²) < 4.78 is 21.5. The van der Waals surface area contributed by atoms with E-state index in [0.717, 1.165) is 76.4 Å². The molecule has 3 N–H and O–H groups in total. The van der Waals surface area contributed by atoms with E-state index in [2.05, 4.69) is 32.2 Å². The Bertz CT molecular complexity index is 463. The normalized spacial score (nSPS) is 14.6. The highest BCUT2D eigenvalue weighted by Crippen LogP contribution is 2.40. The van der Waals surface area contributed by atoms with E-state index < -0.39 is 7.82 Å². The maximum absolute atomic E-state index is 10.9. The van der Waals surface area contributed by atoms with Crippen molar-refractivity contribution in [2.75, 3.05) is 26.4 Å². The molecule has 0 aromatic carbocycles. The third-order valence-corrected chi connectivity index (χ3v) is 7.92. The molecule has 0 aromatic heterocycles. The van der Waals surface area contributed by atoms with Crippen LogP contribution in [0.15, 0.2) is 0 Å². The van der Waals surface area contributed by atoms with E-state index in [1.807, 2.05) is 0 Å². The number of hydrogen-bond donors (Lipinski definition) is 3. The molecule has 32 heavy (non-hydrogen) atoms. The summed E-state index contributed by atoms with van der Waals surface area (Å²) in [7, 11) is -4.38. The monoisotopic (exact) mass is 480 g/mol. The molecule has 0 aliphatic heterocycles. The Morgan fingerprint density at radius 1 is 0.781 bits per heavy atom. The van der Waals surface area contributed by atoms with E-state index in [1.165, 1.54) is 32.1 Å². The maximum atomic E-state index is 10.9. The van der Waals surface area contributed by atoms with Crippen molar-refractivity contribution in [2.45, 2.75) is 118 Å². The van der Waals surface area contributed by atoms with Gasteiger partial charge in [-0.3, -0.25) is 4.52 Å². The number of aliphatic hydroxyl groups excluding tert-OH is 1. The summed E-state index contributed by atoms with van der Waals surface area (Å²) in [5.41, 5.74) is 0.0921. The maximum Gasteiger partial charge on any atom is 0.469 e. The summed E-state index contributed by atoms with van der Waals surface area (Å²) in [5, 5.41) is 8.93. The number of rotatable bonds is 23. The van der Waals surface area contributed by atoms with Crippen molar-refractivity contribution in [1.82, 2.24) is 0 Å². The van der Waals surface area contributed by atoms with Crippen LogP contribution in [0.4, 0.5) is 0 Å². The minimum atomic E-state index is -4.38. The van der Waals surface area contributed by atoms with Crippen molar-refractivity contribution in [1.29, 1.82) is 0 Å². The highest BCUT2D eigenvalue weighted by atomic mass is 31.2. The summed E-state index contributed by atoms with van der Waals surface area (Å²) in [6.07, 6.45) is 15.3. The van der Waals surface area contributed by atoms with Crippen LogP contribution in [-0.4, -0.2) is 41.3 Å². The Morgan fingerprint density at radius 2 is 1.44 bits per heavy atom. The van der Waals surface area contributed by atoms with Crippen molar-refractivity contribution >= 4 is 7.82 Å². The molecule has 0 rings (SSSR count). The first kappa shape index (κ1) is 32.0. The Balaban J connectivity index is 4.07. The lowest BCUT2D eigenvalue weighted by molar-refractivity contribution is 0.102. The fourth-order valence-electron chi connectivity index (χ4n) is 4.69. The molecule has 6 nitrogen and oxygen atoms in total. The van der Waals surface area contributed by atoms with Crippen molar-refractivity contribution in [3.05, 3.63) is 0 Å². The summed E-state index contributed by atoms with van der Waals surface area (Å²) in [4.78, 5) is 17.8. The van der Waals surface area contributed by atoms with Crippen LogP contribution in [0.5, 0.6) is 0 Å². The number of phosphoric acid groups is 1. The van der Waals surface area contributed by atoms with Crippen LogP contribution in [-0.2, 0) is 13.8 Å². The highest BCUT2D eigenvalue weighted by molar-refractivity contribution is 7.46. The van der Waals surface area contributed by atoms with E-state index in [1.54, 1.807) is 0 Å². The molecule has 2 atom stereocenters. The lowest BCUT2D eigenvalue weighted by Gasteiger charge is -2.32. The molecule has 0 heterocycles. The van der Waals surface area contributed by atoms with E-state index in [4.69, 9.17) is 19.6 Å². The van der Waals surface area contributed by atoms with Gasteiger partial charge in [0.1, 0.15) is 0 Å². The molecule has 0 spiro atoms. The van der Waals surface area contributed by atoms with Gasteiger partial charge >= 0.3 is 7.82 Å². The SMILES string of the molecule is CCC(CCCCCO)CC(CC)CCOCCCCC(CC)(CC)CCOP(=O)(O)O. The van der Waals surface area contributed by atoms with Gasteiger partial charge in [-0.25, -0.2) is 4.57 Å². The van der Waals surface area contributed by atoms with Crippen LogP contribution in [0, 0.1) is 17.3 Å². The third-order valence-electron chi connectivity index (χ3n) is 7.40. The molecule has 0 aliphatic carbocycles. The Morgan fingerprint density at radius 3 is 2.00 bits per heavy atom. The number of unbranched alkanes of at least 4 members (excludes halogenated alkanes) is 3. The van der Waals surface area contributed by atoms with Gasteiger partial charge in [0.15, 0.2) is 0 Å². The van der Waals surface area contributed by atoms with Gasteiger partial charge in [0.2, 0.25) is 0 Å². The zero-order valence-electron chi connectivity index (χ0n) is 21.4. The lowest BCUT2D eigenvalue weighted by atomic mass is 9.75. The van der Waals surface area contributed by atoms with Crippen molar-refractivity contribution in [2.24, 2.45) is 17.3 Å². The molecular formula is C25H53O6P. The second kappa shape index (κ2) is 19.3. The third kappa shape index (κ3) is 16.6. The van der Waals surface area contributed by atoms with Gasteiger partial charge < -0.3 is 19.6 Å². The molecule has 0 amide bonds. The van der Waals surface area contributed by atoms with Crippen LogP contribution in [0.25, 0.3) is 0 Å². The molecule has 0 aromatic rings. The summed E-state index contributed by atoms with van der Waals surface area (Å²) in [6, 6.07) is 0. The van der Waals surface area contributed by atoms with E-state index in [0.29, 0.717) is 13.0 Å². The minimum absolute atomic E-state index is 0.0921. The van der Waals surface area contributed by atoms with E-state index in [9.17, 15) is 4.57 Å². The van der Waals surface area contributed by atoms with Crippen LogP contribution in [0.3, 0.4) is 0 Å². The first-order valence-electron chi connectivity index (χ1n) is 13.1. The van der Waals surface area contributed by atoms with Gasteiger partial charge in [-0.2, -0.15) is 0 Å². The predicted octanol–water partition coefficient (Wildman–Crippen LogP) is 6.86. The fraction of sp³-hybridized carbons (Fsp3) is 1.00. The zero-order chi connectivity index (χ0) is 24.3. The minimum Gasteiger partial charge on any atom is -0.396 e. The van der Waals surface area contributed by atoms with Gasteiger partial charge in [0.05, 0.1) is 6.61 Å². The standard InChI is InChI=1S/C25H53O6P/c1-5-23(14-10-9-12-18-26)22-24(6-2)15-20-30-19-13-11-16-25(7-3,8-4)17-21-31-32(27,28)29/h23-24,26H,5-22H2,1-4H3,(H2,27,28,29). The molecule has 0 radical (unpaired) electrons. The number of aliphatic hydroxyl groups is 1. The summed E-state index contributed by atoms with van der Waals surface area (Å²) >= 11 is 0. The highest BCUT2D eigenvalue weighted by Gasteiger charge is 2.27. The van der Waals surface area contributed by atoms with Gasteiger partial charge in [0, 0.05) is 19.8 Å². The Labute approximate surface area is 198 Å².